The Labute approximate surface area is 196 Å². The maximum Gasteiger partial charge on any atom is 0.255 e. The third-order valence-electron chi connectivity index (χ3n) is 4.95. The second kappa shape index (κ2) is 10.4. The van der Waals surface area contributed by atoms with Crippen molar-refractivity contribution >= 4 is 22.1 Å². The highest BCUT2D eigenvalue weighted by molar-refractivity contribution is 7.89. The number of hydrazone groups is 1. The second-order valence-electron chi connectivity index (χ2n) is 7.41. The first-order chi connectivity index (χ1) is 16.4. The molecule has 0 aliphatic carbocycles. The lowest BCUT2D eigenvalue weighted by molar-refractivity contribution is -0.121. The van der Waals surface area contributed by atoms with Crippen LogP contribution in [0.5, 0.6) is 11.5 Å². The van der Waals surface area contributed by atoms with Gasteiger partial charge in [0.1, 0.15) is 19.0 Å². The van der Waals surface area contributed by atoms with Crippen LogP contribution in [0.1, 0.15) is 11.1 Å². The number of nitrogens with one attached hydrogen (secondary N) is 1. The standard InChI is InChI=1S/C24H22FN3O5S/c25-20-8-6-18(7-9-20)15-26-27-24(29)17-28(16-19-4-2-1-3-5-19)34(30,31)21-10-11-22-23(14-21)33-13-12-32-22/h1-11,14-15H,12-13,16-17H2,(H,27,29)/b26-15+. The molecule has 34 heavy (non-hydrogen) atoms. The van der Waals surface area contributed by atoms with Crippen LogP contribution in [-0.4, -0.2) is 44.6 Å². The van der Waals surface area contributed by atoms with Crippen LogP contribution in [-0.2, 0) is 21.4 Å². The van der Waals surface area contributed by atoms with Crippen LogP contribution in [0.15, 0.2) is 82.8 Å². The lowest BCUT2D eigenvalue weighted by Crippen LogP contribution is -2.39. The minimum atomic E-state index is -4.07. The summed E-state index contributed by atoms with van der Waals surface area (Å²) in [7, 11) is -4.07. The molecular formula is C24H22FN3O5S. The molecule has 1 heterocycles. The Hall–Kier alpha value is -3.76. The number of fused-ring (bicyclic) bond motifs is 1. The Balaban J connectivity index is 1.53. The smallest absolute Gasteiger partial charge is 0.255 e. The van der Waals surface area contributed by atoms with Crippen molar-refractivity contribution < 1.29 is 27.1 Å². The molecule has 0 bridgehead atoms. The molecule has 0 atom stereocenters. The van der Waals surface area contributed by atoms with Gasteiger partial charge in [0.05, 0.1) is 17.7 Å². The molecule has 0 fully saturated rings. The van der Waals surface area contributed by atoms with Gasteiger partial charge in [0.15, 0.2) is 11.5 Å². The molecule has 3 aromatic carbocycles. The number of hydrogen-bond donors (Lipinski definition) is 1. The zero-order chi connectivity index (χ0) is 24.0. The summed E-state index contributed by atoms with van der Waals surface area (Å²) in [6.45, 7) is 0.218. The van der Waals surface area contributed by atoms with Gasteiger partial charge < -0.3 is 9.47 Å². The molecule has 10 heteroatoms. The highest BCUT2D eigenvalue weighted by Crippen LogP contribution is 2.33. The normalized spacial score (nSPS) is 13.2. The summed E-state index contributed by atoms with van der Waals surface area (Å²) in [5.41, 5.74) is 3.61. The van der Waals surface area contributed by atoms with Gasteiger partial charge >= 0.3 is 0 Å². The van der Waals surface area contributed by atoms with E-state index in [4.69, 9.17) is 9.47 Å². The number of carbonyl (C=O) groups excluding carboxylic acids is 1. The molecular weight excluding hydrogens is 461 g/mol. The van der Waals surface area contributed by atoms with Crippen LogP contribution < -0.4 is 14.9 Å². The number of halogens is 1. The largest absolute Gasteiger partial charge is 0.486 e. The van der Waals surface area contributed by atoms with Gasteiger partial charge in [-0.05, 0) is 35.4 Å². The minimum Gasteiger partial charge on any atom is -0.486 e. The summed E-state index contributed by atoms with van der Waals surface area (Å²) in [5.74, 6) is -0.217. The van der Waals surface area contributed by atoms with E-state index >= 15 is 0 Å². The molecule has 4 rings (SSSR count). The van der Waals surface area contributed by atoms with Crippen LogP contribution in [0.25, 0.3) is 0 Å². The number of nitrogens with zero attached hydrogens (tertiary/aromatic N) is 2. The van der Waals surface area contributed by atoms with Gasteiger partial charge in [0.2, 0.25) is 10.0 Å². The van der Waals surface area contributed by atoms with Crippen LogP contribution in [0.3, 0.4) is 0 Å². The van der Waals surface area contributed by atoms with Crippen molar-refractivity contribution in [1.82, 2.24) is 9.73 Å². The van der Waals surface area contributed by atoms with E-state index in [-0.39, 0.29) is 17.3 Å². The van der Waals surface area contributed by atoms with E-state index in [2.05, 4.69) is 10.5 Å². The van der Waals surface area contributed by atoms with E-state index in [1.165, 1.54) is 48.7 Å². The van der Waals surface area contributed by atoms with Gasteiger partial charge in [-0.15, -0.1) is 0 Å². The average molecular weight is 484 g/mol. The van der Waals surface area contributed by atoms with E-state index in [1.807, 2.05) is 6.07 Å². The summed E-state index contributed by atoms with van der Waals surface area (Å²) in [4.78, 5) is 12.5. The maximum absolute atomic E-state index is 13.5. The SMILES string of the molecule is O=C(CN(Cc1ccccc1)S(=O)(=O)c1ccc2c(c1)OCCO2)N/N=C/c1ccc(F)cc1. The Morgan fingerprint density at radius 1 is 1.00 bits per heavy atom. The molecule has 3 aromatic rings. The van der Waals surface area contributed by atoms with Crippen LogP contribution in [0.4, 0.5) is 4.39 Å². The zero-order valence-corrected chi connectivity index (χ0v) is 18.9. The Kier molecular flexibility index (Phi) is 7.19. The summed E-state index contributed by atoms with van der Waals surface area (Å²) < 4.78 is 52.0. The highest BCUT2D eigenvalue weighted by atomic mass is 32.2. The Morgan fingerprint density at radius 2 is 1.71 bits per heavy atom. The van der Waals surface area contributed by atoms with Gasteiger partial charge in [-0.3, -0.25) is 4.79 Å². The first kappa shape index (κ1) is 23.4. The van der Waals surface area contributed by atoms with E-state index in [0.29, 0.717) is 35.8 Å². The molecule has 0 unspecified atom stereocenters. The van der Waals surface area contributed by atoms with Crippen molar-refractivity contribution in [2.24, 2.45) is 5.10 Å². The van der Waals surface area contributed by atoms with E-state index in [1.54, 1.807) is 24.3 Å². The van der Waals surface area contributed by atoms with Gasteiger partial charge in [-0.2, -0.15) is 9.41 Å². The molecule has 8 nitrogen and oxygen atoms in total. The topological polar surface area (TPSA) is 97.3 Å². The summed E-state index contributed by atoms with van der Waals surface area (Å²) in [6, 6.07) is 18.8. The molecule has 176 valence electrons. The molecule has 1 aliphatic heterocycles. The maximum atomic E-state index is 13.5. The first-order valence-corrected chi connectivity index (χ1v) is 11.9. The summed E-state index contributed by atoms with van der Waals surface area (Å²) >= 11 is 0. The highest BCUT2D eigenvalue weighted by Gasteiger charge is 2.28. The van der Waals surface area contributed by atoms with Crippen LogP contribution >= 0.6 is 0 Å². The van der Waals surface area contributed by atoms with Gasteiger partial charge in [0.25, 0.3) is 5.91 Å². The molecule has 0 aromatic heterocycles. The van der Waals surface area contributed by atoms with E-state index in [9.17, 15) is 17.6 Å². The van der Waals surface area contributed by atoms with Crippen LogP contribution in [0.2, 0.25) is 0 Å². The minimum absolute atomic E-state index is 0.0182. The fourth-order valence-electron chi connectivity index (χ4n) is 3.27. The van der Waals surface area contributed by atoms with Crippen molar-refractivity contribution in [2.75, 3.05) is 19.8 Å². The number of ether oxygens (including phenoxy) is 2. The Bertz CT molecular complexity index is 1280. The third-order valence-corrected chi connectivity index (χ3v) is 6.73. The van der Waals surface area contributed by atoms with Gasteiger partial charge in [-0.1, -0.05) is 42.5 Å². The van der Waals surface area contributed by atoms with E-state index in [0.717, 1.165) is 4.31 Å². The van der Waals surface area contributed by atoms with Crippen molar-refractivity contribution in [2.45, 2.75) is 11.4 Å². The predicted octanol–water partition coefficient (Wildman–Crippen LogP) is 2.94. The number of rotatable bonds is 8. The monoisotopic (exact) mass is 483 g/mol. The van der Waals surface area contributed by atoms with Crippen molar-refractivity contribution in [3.8, 4) is 11.5 Å². The van der Waals surface area contributed by atoms with Crippen molar-refractivity contribution in [3.05, 3.63) is 89.7 Å². The average Bonchev–Trinajstić information content (AvgIpc) is 2.85. The van der Waals surface area contributed by atoms with Crippen LogP contribution in [0, 0.1) is 5.82 Å². The van der Waals surface area contributed by atoms with E-state index < -0.39 is 22.5 Å². The molecule has 1 amide bonds. The first-order valence-electron chi connectivity index (χ1n) is 10.4. The molecule has 1 N–H and O–H groups in total. The molecule has 0 radical (unpaired) electrons. The molecule has 1 aliphatic rings. The van der Waals surface area contributed by atoms with Crippen molar-refractivity contribution in [1.29, 1.82) is 0 Å². The fraction of sp³-hybridized carbons (Fsp3) is 0.167. The number of benzene rings is 3. The lowest BCUT2D eigenvalue weighted by atomic mass is 10.2. The van der Waals surface area contributed by atoms with Crippen molar-refractivity contribution in [3.63, 3.8) is 0 Å². The molecule has 0 spiro atoms. The fourth-order valence-corrected chi connectivity index (χ4v) is 4.67. The Morgan fingerprint density at radius 3 is 2.44 bits per heavy atom. The van der Waals surface area contributed by atoms with Gasteiger partial charge in [0, 0.05) is 12.6 Å². The number of carbonyl (C=O) groups is 1. The zero-order valence-electron chi connectivity index (χ0n) is 18.1. The molecule has 0 saturated heterocycles. The summed E-state index contributed by atoms with van der Waals surface area (Å²) in [6.07, 6.45) is 1.34. The quantitative estimate of drug-likeness (QED) is 0.393. The molecule has 0 saturated carbocycles. The summed E-state index contributed by atoms with van der Waals surface area (Å²) in [5, 5.41) is 3.84. The second-order valence-corrected chi connectivity index (χ2v) is 9.35. The third kappa shape index (κ3) is 5.77. The number of sulfonamides is 1. The number of hydrogen-bond acceptors (Lipinski definition) is 6. The predicted molar refractivity (Wildman–Crippen MR) is 124 cm³/mol. The van der Waals surface area contributed by atoms with Gasteiger partial charge in [-0.25, -0.2) is 18.2 Å². The number of amides is 1. The lowest BCUT2D eigenvalue weighted by Gasteiger charge is -2.23.